The van der Waals surface area contributed by atoms with Crippen molar-refractivity contribution in [3.63, 3.8) is 0 Å². The number of ketones is 1. The van der Waals surface area contributed by atoms with Crippen molar-refractivity contribution in [1.82, 2.24) is 16.0 Å². The fourth-order valence-corrected chi connectivity index (χ4v) is 6.50. The summed E-state index contributed by atoms with van der Waals surface area (Å²) in [7, 11) is 1.70. The van der Waals surface area contributed by atoms with Gasteiger partial charge in [-0.2, -0.15) is 0 Å². The molecule has 1 aromatic rings. The molecule has 3 fully saturated rings. The van der Waals surface area contributed by atoms with Crippen LogP contribution in [-0.2, 0) is 35.0 Å². The molecule has 4 rings (SSSR count). The zero-order valence-electron chi connectivity index (χ0n) is 27.5. The smallest absolute Gasteiger partial charge is 0.315 e. The molecule has 7 atom stereocenters. The van der Waals surface area contributed by atoms with E-state index in [2.05, 4.69) is 48.1 Å². The highest BCUT2D eigenvalue weighted by molar-refractivity contribution is 5.97. The van der Waals surface area contributed by atoms with Gasteiger partial charge in [0.1, 0.15) is 17.4 Å². The minimum Gasteiger partial charge on any atom is -0.379 e. The molecule has 1 saturated carbocycles. The second-order valence-electron chi connectivity index (χ2n) is 13.0. The Morgan fingerprint density at radius 1 is 1.13 bits per heavy atom. The first-order valence-corrected chi connectivity index (χ1v) is 16.1. The van der Waals surface area contributed by atoms with Gasteiger partial charge in [0, 0.05) is 44.5 Å². The van der Waals surface area contributed by atoms with E-state index < -0.39 is 6.04 Å². The number of methoxy groups -OCH3 is 1. The predicted octanol–water partition coefficient (Wildman–Crippen LogP) is 3.81. The largest absolute Gasteiger partial charge is 0.379 e. The molecular formula is C34H50N4O7. The molecule has 2 heterocycles. The number of benzene rings is 1. The molecule has 0 radical (unpaired) electrons. The Bertz CT molecular complexity index is 1260. The van der Waals surface area contributed by atoms with Gasteiger partial charge in [0.05, 0.1) is 30.5 Å². The van der Waals surface area contributed by atoms with Crippen LogP contribution in [0.2, 0.25) is 0 Å². The van der Waals surface area contributed by atoms with Crippen LogP contribution in [0, 0.1) is 5.92 Å². The number of hydrogen-bond donors (Lipinski definition) is 4. The highest BCUT2D eigenvalue weighted by atomic mass is 16.6. The molecule has 4 N–H and O–H groups in total. The normalized spacial score (nSPS) is 28.8. The van der Waals surface area contributed by atoms with Crippen LogP contribution >= 0.6 is 0 Å². The summed E-state index contributed by atoms with van der Waals surface area (Å²) >= 11 is 0. The lowest BCUT2D eigenvalue weighted by molar-refractivity contribution is -0.127. The number of hydrogen-bond acceptors (Lipinski definition) is 7. The third-order valence-electron chi connectivity index (χ3n) is 9.33. The van der Waals surface area contributed by atoms with E-state index in [1.165, 1.54) is 5.57 Å². The van der Waals surface area contributed by atoms with Gasteiger partial charge in [0.25, 0.3) is 0 Å². The number of carbonyl (C=O) groups is 4. The zero-order valence-corrected chi connectivity index (χ0v) is 27.5. The molecule has 1 aromatic carbocycles. The third kappa shape index (κ3) is 8.92. The summed E-state index contributed by atoms with van der Waals surface area (Å²) < 4.78 is 18.3. The highest BCUT2D eigenvalue weighted by Gasteiger charge is 2.71. The molecule has 248 valence electrons. The van der Waals surface area contributed by atoms with E-state index in [0.717, 1.165) is 24.8 Å². The van der Waals surface area contributed by atoms with Crippen LogP contribution in [0.1, 0.15) is 78.7 Å². The van der Waals surface area contributed by atoms with Gasteiger partial charge in [0.2, 0.25) is 11.8 Å². The number of carbonyl (C=O) groups excluding carboxylic acids is 4. The maximum atomic E-state index is 12.9. The van der Waals surface area contributed by atoms with E-state index in [-0.39, 0.29) is 71.8 Å². The Labute approximate surface area is 266 Å². The molecule has 0 bridgehead atoms. The fraction of sp³-hybridized carbons (Fsp3) is 0.647. The Balaban J connectivity index is 1.21. The lowest BCUT2D eigenvalue weighted by atomic mass is 9.67. The maximum Gasteiger partial charge on any atom is 0.315 e. The van der Waals surface area contributed by atoms with Crippen molar-refractivity contribution in [2.45, 2.75) is 115 Å². The summed E-state index contributed by atoms with van der Waals surface area (Å²) in [5.74, 6) is -0.636. The van der Waals surface area contributed by atoms with Crippen LogP contribution < -0.4 is 21.3 Å². The topological polar surface area (TPSA) is 151 Å². The summed E-state index contributed by atoms with van der Waals surface area (Å²) in [6.07, 6.45) is 5.82. The molecule has 4 amide bonds. The van der Waals surface area contributed by atoms with Gasteiger partial charge in [-0.25, -0.2) is 4.79 Å². The lowest BCUT2D eigenvalue weighted by Crippen LogP contribution is -2.60. The number of epoxide rings is 2. The van der Waals surface area contributed by atoms with Gasteiger partial charge in [-0.3, -0.25) is 14.4 Å². The van der Waals surface area contributed by atoms with E-state index >= 15 is 0 Å². The average Bonchev–Trinajstić information content (AvgIpc) is 3.93. The van der Waals surface area contributed by atoms with E-state index in [1.54, 1.807) is 33.1 Å². The number of Topliss-reactive ketones (excluding diaryl/α,β-unsaturated/α-hetero) is 1. The summed E-state index contributed by atoms with van der Waals surface area (Å²) in [4.78, 5) is 48.8. The number of anilines is 1. The monoisotopic (exact) mass is 626 g/mol. The summed E-state index contributed by atoms with van der Waals surface area (Å²) in [5, 5.41) is 11.5. The molecule has 2 saturated heterocycles. The van der Waals surface area contributed by atoms with E-state index in [4.69, 9.17) is 14.2 Å². The SMILES string of the molecule is CCC(=O)CCC(=O)N[C@H](C)C(=O)Nc1ccc(CCNC(=O)N[C@@H]2CC[C@]3(CO3)[C@@H](C3(C)O[C@@H]3CC=C(C)C)[C@@H]2OC)cc1. The molecule has 1 unspecified atom stereocenters. The third-order valence-corrected chi connectivity index (χ3v) is 9.33. The van der Waals surface area contributed by atoms with Crippen molar-refractivity contribution in [3.8, 4) is 0 Å². The van der Waals surface area contributed by atoms with Crippen LogP contribution in [0.3, 0.4) is 0 Å². The van der Waals surface area contributed by atoms with Crippen LogP contribution in [0.25, 0.3) is 0 Å². The second kappa shape index (κ2) is 14.9. The van der Waals surface area contributed by atoms with Crippen molar-refractivity contribution in [3.05, 3.63) is 41.5 Å². The number of amides is 4. The van der Waals surface area contributed by atoms with Crippen molar-refractivity contribution in [1.29, 1.82) is 0 Å². The first-order chi connectivity index (χ1) is 21.4. The molecule has 3 aliphatic rings. The maximum absolute atomic E-state index is 12.9. The first kappa shape index (κ1) is 34.6. The Hall–Kier alpha value is -3.28. The Morgan fingerprint density at radius 3 is 2.47 bits per heavy atom. The lowest BCUT2D eigenvalue weighted by Gasteiger charge is -2.43. The molecular weight excluding hydrogens is 576 g/mol. The van der Waals surface area contributed by atoms with E-state index in [9.17, 15) is 19.2 Å². The van der Waals surface area contributed by atoms with Gasteiger partial charge >= 0.3 is 6.03 Å². The number of allylic oxidation sites excluding steroid dienone is 1. The van der Waals surface area contributed by atoms with Crippen LogP contribution in [0.15, 0.2) is 35.9 Å². The average molecular weight is 627 g/mol. The van der Waals surface area contributed by atoms with Gasteiger partial charge in [0.15, 0.2) is 0 Å². The molecule has 11 heteroatoms. The number of rotatable bonds is 15. The highest BCUT2D eigenvalue weighted by Crippen LogP contribution is 2.59. The molecule has 2 aliphatic heterocycles. The van der Waals surface area contributed by atoms with Gasteiger partial charge in [-0.05, 0) is 71.1 Å². The van der Waals surface area contributed by atoms with E-state index in [1.807, 2.05) is 12.1 Å². The summed E-state index contributed by atoms with van der Waals surface area (Å²) in [6, 6.07) is 6.21. The van der Waals surface area contributed by atoms with Gasteiger partial charge in [-0.1, -0.05) is 30.7 Å². The van der Waals surface area contributed by atoms with E-state index in [0.29, 0.717) is 31.7 Å². The summed E-state index contributed by atoms with van der Waals surface area (Å²) in [6.45, 7) is 10.8. The first-order valence-electron chi connectivity index (χ1n) is 16.1. The molecule has 11 nitrogen and oxygen atoms in total. The van der Waals surface area contributed by atoms with Crippen molar-refractivity contribution < 1.29 is 33.4 Å². The van der Waals surface area contributed by atoms with Gasteiger partial charge < -0.3 is 35.5 Å². The molecule has 45 heavy (non-hydrogen) atoms. The molecule has 1 spiro atoms. The van der Waals surface area contributed by atoms with Crippen molar-refractivity contribution in [2.75, 3.05) is 25.6 Å². The van der Waals surface area contributed by atoms with Crippen LogP contribution in [0.5, 0.6) is 0 Å². The van der Waals surface area contributed by atoms with Gasteiger partial charge in [-0.15, -0.1) is 0 Å². The quantitative estimate of drug-likeness (QED) is 0.171. The summed E-state index contributed by atoms with van der Waals surface area (Å²) in [5.41, 5.74) is 2.27. The standard InChI is InChI=1S/C34H50N4O7/c1-7-25(39)13-15-28(40)36-22(4)31(41)37-24-11-9-23(10-12-24)17-19-35-32(42)38-26-16-18-34(20-44-34)30(29(26)43-6)33(5)27(45-33)14-8-21(2)3/h8-12,22,26-27,29-30H,7,13-20H2,1-6H3,(H,36,40)(H,37,41)(H2,35,38,42)/t22-,26-,27-,29-,30-,33?,34+/m1/s1. The zero-order chi connectivity index (χ0) is 32.8. The number of urea groups is 1. The number of ether oxygens (including phenoxy) is 3. The minimum atomic E-state index is -0.736. The Morgan fingerprint density at radius 2 is 1.84 bits per heavy atom. The van der Waals surface area contributed by atoms with Crippen LogP contribution in [0.4, 0.5) is 10.5 Å². The number of nitrogens with one attached hydrogen (secondary N) is 4. The van der Waals surface area contributed by atoms with Crippen molar-refractivity contribution >= 4 is 29.3 Å². The predicted molar refractivity (Wildman–Crippen MR) is 171 cm³/mol. The van der Waals surface area contributed by atoms with Crippen LogP contribution in [-0.4, -0.2) is 79.4 Å². The fourth-order valence-electron chi connectivity index (χ4n) is 6.50. The molecule has 0 aromatic heterocycles. The Kier molecular flexibility index (Phi) is 11.4. The minimum absolute atomic E-state index is 0.0139. The van der Waals surface area contributed by atoms with Crippen molar-refractivity contribution in [2.24, 2.45) is 5.92 Å². The molecule has 1 aliphatic carbocycles. The second-order valence-corrected chi connectivity index (χ2v) is 13.0.